The summed E-state index contributed by atoms with van der Waals surface area (Å²) in [6.07, 6.45) is 0.583. The van der Waals surface area contributed by atoms with E-state index in [1.807, 2.05) is 25.3 Å². The second-order valence-corrected chi connectivity index (χ2v) is 4.97. The molecule has 1 aromatic heterocycles. The number of aryl methyl sites for hydroxylation is 1. The van der Waals surface area contributed by atoms with E-state index in [-0.39, 0.29) is 5.91 Å². The van der Waals surface area contributed by atoms with Crippen molar-refractivity contribution < 1.29 is 4.79 Å². The molecule has 1 heterocycles. The zero-order chi connectivity index (χ0) is 12.1. The quantitative estimate of drug-likeness (QED) is 0.822. The summed E-state index contributed by atoms with van der Waals surface area (Å²) in [5, 5.41) is 1.93. The molecule has 0 aromatic carbocycles. The summed E-state index contributed by atoms with van der Waals surface area (Å²) in [6, 6.07) is 1.96. The van der Waals surface area contributed by atoms with Gasteiger partial charge in [0.1, 0.15) is 0 Å². The molecule has 2 N–H and O–H groups in total. The molecule has 3 nitrogen and oxygen atoms in total. The predicted octanol–water partition coefficient (Wildman–Crippen LogP) is 2.19. The van der Waals surface area contributed by atoms with Crippen LogP contribution in [0, 0.1) is 6.92 Å². The molecule has 0 radical (unpaired) electrons. The van der Waals surface area contributed by atoms with Gasteiger partial charge in [-0.2, -0.15) is 0 Å². The largest absolute Gasteiger partial charge is 0.393 e. The Bertz CT molecular complexity index is 387. The molecular formula is C11H16N2OS2. The van der Waals surface area contributed by atoms with Crippen LogP contribution in [-0.2, 0) is 0 Å². The standard InChI is InChI=1S/C11H16N2OS2/c1-3-13(6-4-9(12)15)11(14)10-8(2)5-7-16-10/h5,7H,3-4,6H2,1-2H3,(H2,12,15). The van der Waals surface area contributed by atoms with Crippen molar-refractivity contribution in [2.45, 2.75) is 20.3 Å². The van der Waals surface area contributed by atoms with Crippen molar-refractivity contribution in [3.05, 3.63) is 21.9 Å². The van der Waals surface area contributed by atoms with Crippen molar-refractivity contribution in [1.82, 2.24) is 4.90 Å². The number of nitrogens with zero attached hydrogens (tertiary/aromatic N) is 1. The summed E-state index contributed by atoms with van der Waals surface area (Å²) >= 11 is 6.30. The molecular weight excluding hydrogens is 240 g/mol. The smallest absolute Gasteiger partial charge is 0.264 e. The second kappa shape index (κ2) is 5.96. The maximum atomic E-state index is 12.1. The van der Waals surface area contributed by atoms with Crippen molar-refractivity contribution in [1.29, 1.82) is 0 Å². The van der Waals surface area contributed by atoms with Gasteiger partial charge in [0.15, 0.2) is 0 Å². The molecule has 0 unspecified atom stereocenters. The fraction of sp³-hybridized carbons (Fsp3) is 0.455. The lowest BCUT2D eigenvalue weighted by atomic mass is 10.2. The lowest BCUT2D eigenvalue weighted by Crippen LogP contribution is -2.33. The van der Waals surface area contributed by atoms with Crippen LogP contribution in [0.2, 0.25) is 0 Å². The third-order valence-electron chi connectivity index (χ3n) is 2.35. The molecule has 1 rings (SSSR count). The maximum Gasteiger partial charge on any atom is 0.264 e. The first-order valence-electron chi connectivity index (χ1n) is 5.18. The summed E-state index contributed by atoms with van der Waals surface area (Å²) in [7, 11) is 0. The molecule has 88 valence electrons. The fourth-order valence-electron chi connectivity index (χ4n) is 1.38. The van der Waals surface area contributed by atoms with Gasteiger partial charge in [-0.05, 0) is 30.9 Å². The van der Waals surface area contributed by atoms with Gasteiger partial charge >= 0.3 is 0 Å². The van der Waals surface area contributed by atoms with Crippen LogP contribution in [0.3, 0.4) is 0 Å². The molecule has 0 saturated heterocycles. The van der Waals surface area contributed by atoms with E-state index in [0.29, 0.717) is 24.5 Å². The van der Waals surface area contributed by atoms with Gasteiger partial charge in [-0.1, -0.05) is 12.2 Å². The average Bonchev–Trinajstić information content (AvgIpc) is 2.64. The summed E-state index contributed by atoms with van der Waals surface area (Å²) in [5.41, 5.74) is 6.47. The van der Waals surface area contributed by atoms with E-state index in [1.54, 1.807) is 4.90 Å². The number of carbonyl (C=O) groups is 1. The van der Waals surface area contributed by atoms with Gasteiger partial charge in [0, 0.05) is 19.5 Å². The lowest BCUT2D eigenvalue weighted by Gasteiger charge is -2.20. The molecule has 0 fully saturated rings. The number of thiocarbonyl (C=S) groups is 1. The Morgan fingerprint density at radius 2 is 2.31 bits per heavy atom. The third kappa shape index (κ3) is 3.28. The van der Waals surface area contributed by atoms with Crippen LogP contribution in [0.15, 0.2) is 11.4 Å². The lowest BCUT2D eigenvalue weighted by molar-refractivity contribution is 0.0773. The van der Waals surface area contributed by atoms with Crippen LogP contribution >= 0.6 is 23.6 Å². The molecule has 0 aliphatic heterocycles. The molecule has 0 aliphatic carbocycles. The van der Waals surface area contributed by atoms with Gasteiger partial charge in [-0.25, -0.2) is 0 Å². The van der Waals surface area contributed by atoms with Crippen LogP contribution in [0.5, 0.6) is 0 Å². The van der Waals surface area contributed by atoms with E-state index in [4.69, 9.17) is 18.0 Å². The van der Waals surface area contributed by atoms with Gasteiger partial charge in [-0.15, -0.1) is 11.3 Å². The number of rotatable bonds is 5. The Kier molecular flexibility index (Phi) is 4.89. The van der Waals surface area contributed by atoms with Crippen LogP contribution in [0.25, 0.3) is 0 Å². The minimum absolute atomic E-state index is 0.0752. The van der Waals surface area contributed by atoms with Gasteiger partial charge in [0.2, 0.25) is 0 Å². The van der Waals surface area contributed by atoms with Gasteiger partial charge in [-0.3, -0.25) is 4.79 Å². The van der Waals surface area contributed by atoms with Gasteiger partial charge < -0.3 is 10.6 Å². The Morgan fingerprint density at radius 3 is 2.75 bits per heavy atom. The molecule has 0 saturated carbocycles. The minimum atomic E-state index is 0.0752. The molecule has 5 heteroatoms. The second-order valence-electron chi connectivity index (χ2n) is 3.53. The summed E-state index contributed by atoms with van der Waals surface area (Å²) in [4.78, 5) is 15.2. The molecule has 16 heavy (non-hydrogen) atoms. The van der Waals surface area contributed by atoms with Crippen LogP contribution in [0.4, 0.5) is 0 Å². The summed E-state index contributed by atoms with van der Waals surface area (Å²) < 4.78 is 0. The highest BCUT2D eigenvalue weighted by atomic mass is 32.1. The Morgan fingerprint density at radius 1 is 1.62 bits per heavy atom. The highest BCUT2D eigenvalue weighted by Crippen LogP contribution is 2.17. The number of amides is 1. The number of nitrogens with two attached hydrogens (primary N) is 1. The van der Waals surface area contributed by atoms with Crippen LogP contribution < -0.4 is 5.73 Å². The van der Waals surface area contributed by atoms with E-state index < -0.39 is 0 Å². The zero-order valence-electron chi connectivity index (χ0n) is 9.53. The normalized spacial score (nSPS) is 10.1. The number of hydrogen-bond acceptors (Lipinski definition) is 3. The first-order chi connectivity index (χ1) is 7.56. The van der Waals surface area contributed by atoms with Gasteiger partial charge in [0.05, 0.1) is 9.87 Å². The molecule has 0 atom stereocenters. The number of carbonyl (C=O) groups excluding carboxylic acids is 1. The van der Waals surface area contributed by atoms with Gasteiger partial charge in [0.25, 0.3) is 5.91 Å². The Balaban J connectivity index is 2.70. The maximum absolute atomic E-state index is 12.1. The van der Waals surface area contributed by atoms with E-state index in [1.165, 1.54) is 11.3 Å². The Labute approximate surface area is 105 Å². The van der Waals surface area contributed by atoms with E-state index in [0.717, 1.165) is 10.4 Å². The minimum Gasteiger partial charge on any atom is -0.393 e. The van der Waals surface area contributed by atoms with Crippen molar-refractivity contribution >= 4 is 34.5 Å². The number of hydrogen-bond donors (Lipinski definition) is 1. The van der Waals surface area contributed by atoms with Crippen molar-refractivity contribution in [2.75, 3.05) is 13.1 Å². The van der Waals surface area contributed by atoms with Crippen molar-refractivity contribution in [3.8, 4) is 0 Å². The highest BCUT2D eigenvalue weighted by molar-refractivity contribution is 7.80. The van der Waals surface area contributed by atoms with Crippen LogP contribution in [0.1, 0.15) is 28.6 Å². The van der Waals surface area contributed by atoms with Crippen molar-refractivity contribution in [2.24, 2.45) is 5.73 Å². The van der Waals surface area contributed by atoms with E-state index in [9.17, 15) is 4.79 Å². The summed E-state index contributed by atoms with van der Waals surface area (Å²) in [5.74, 6) is 0.0752. The average molecular weight is 256 g/mol. The highest BCUT2D eigenvalue weighted by Gasteiger charge is 2.17. The third-order valence-corrected chi connectivity index (χ3v) is 3.56. The van der Waals surface area contributed by atoms with Crippen molar-refractivity contribution in [3.63, 3.8) is 0 Å². The Hall–Kier alpha value is -0.940. The topological polar surface area (TPSA) is 46.3 Å². The first kappa shape index (κ1) is 13.1. The molecule has 1 amide bonds. The monoisotopic (exact) mass is 256 g/mol. The number of thiophene rings is 1. The molecule has 0 bridgehead atoms. The molecule has 1 aromatic rings. The first-order valence-corrected chi connectivity index (χ1v) is 6.46. The predicted molar refractivity (Wildman–Crippen MR) is 72.0 cm³/mol. The molecule has 0 aliphatic rings. The zero-order valence-corrected chi connectivity index (χ0v) is 11.2. The van der Waals surface area contributed by atoms with E-state index in [2.05, 4.69) is 0 Å². The summed E-state index contributed by atoms with van der Waals surface area (Å²) in [6.45, 7) is 5.19. The van der Waals surface area contributed by atoms with E-state index >= 15 is 0 Å². The SMILES string of the molecule is CCN(CCC(N)=S)C(=O)c1sccc1C. The van der Waals surface area contributed by atoms with Crippen LogP contribution in [-0.4, -0.2) is 28.9 Å². The fourth-order valence-corrected chi connectivity index (χ4v) is 2.37. The molecule has 0 spiro atoms.